The molecule has 1 aliphatic heterocycles. The van der Waals surface area contributed by atoms with Crippen molar-refractivity contribution in [2.75, 3.05) is 12.5 Å². The topological polar surface area (TPSA) is 164 Å². The molecule has 0 saturated carbocycles. The molecule has 1 aromatic heterocycles. The molecule has 1 aromatic carbocycles. The molecule has 10 heteroatoms. The van der Waals surface area contributed by atoms with Gasteiger partial charge in [0.1, 0.15) is 17.7 Å². The Morgan fingerprint density at radius 3 is 2.75 bits per heavy atom. The number of fused-ring (bicyclic) bond motifs is 1. The van der Waals surface area contributed by atoms with Crippen LogP contribution >= 0.6 is 0 Å². The zero-order valence-electron chi connectivity index (χ0n) is 11.9. The van der Waals surface area contributed by atoms with Gasteiger partial charge in [0.2, 0.25) is 6.79 Å². The van der Waals surface area contributed by atoms with Gasteiger partial charge in [-0.15, -0.1) is 0 Å². The van der Waals surface area contributed by atoms with Crippen LogP contribution in [-0.2, 0) is 0 Å². The highest BCUT2D eigenvalue weighted by Gasteiger charge is 2.23. The number of aromatic amines is 1. The molecule has 2 heterocycles. The average molecular weight is 324 g/mol. The van der Waals surface area contributed by atoms with E-state index in [1.54, 1.807) is 0 Å². The van der Waals surface area contributed by atoms with Crippen LogP contribution in [0.2, 0.25) is 0 Å². The van der Waals surface area contributed by atoms with Crippen molar-refractivity contribution in [2.45, 2.75) is 0 Å². The lowest BCUT2D eigenvalue weighted by Crippen LogP contribution is -1.94. The molecule has 0 spiro atoms. The summed E-state index contributed by atoms with van der Waals surface area (Å²) in [4.78, 5) is 10.7. The summed E-state index contributed by atoms with van der Waals surface area (Å²) in [7, 11) is 0. The van der Waals surface area contributed by atoms with Gasteiger partial charge in [-0.1, -0.05) is 0 Å². The maximum absolute atomic E-state index is 11.3. The predicted octanol–water partition coefficient (Wildman–Crippen LogP) is 1.56. The first-order valence-electron chi connectivity index (χ1n) is 6.49. The lowest BCUT2D eigenvalue weighted by atomic mass is 10.0. The van der Waals surface area contributed by atoms with E-state index in [1.807, 2.05) is 12.1 Å². The lowest BCUT2D eigenvalue weighted by molar-refractivity contribution is -0.385. The molecule has 10 nitrogen and oxygen atoms in total. The maximum Gasteiger partial charge on any atom is 0.280 e. The van der Waals surface area contributed by atoms with Crippen molar-refractivity contribution in [3.63, 3.8) is 0 Å². The van der Waals surface area contributed by atoms with E-state index < -0.39 is 4.92 Å². The van der Waals surface area contributed by atoms with Crippen LogP contribution in [-0.4, -0.2) is 21.9 Å². The third-order valence-corrected chi connectivity index (χ3v) is 3.31. The molecule has 0 atom stereocenters. The minimum absolute atomic E-state index is 0.00815. The third-order valence-electron chi connectivity index (χ3n) is 3.31. The van der Waals surface area contributed by atoms with Crippen molar-refractivity contribution in [1.29, 1.82) is 10.5 Å². The number of anilines is 1. The summed E-state index contributed by atoms with van der Waals surface area (Å²) in [6.07, 6.45) is 1.26. The van der Waals surface area contributed by atoms with Gasteiger partial charge in [0.05, 0.1) is 27.8 Å². The van der Waals surface area contributed by atoms with Crippen molar-refractivity contribution in [2.24, 2.45) is 0 Å². The summed E-state index contributed by atoms with van der Waals surface area (Å²) < 4.78 is 10.3. The van der Waals surface area contributed by atoms with Crippen molar-refractivity contribution in [3.8, 4) is 23.6 Å². The van der Waals surface area contributed by atoms with Gasteiger partial charge in [-0.25, -0.2) is 0 Å². The average Bonchev–Trinajstić information content (AvgIpc) is 3.17. The number of rotatable bonds is 3. The highest BCUT2D eigenvalue weighted by Crippen LogP contribution is 2.39. The van der Waals surface area contributed by atoms with Gasteiger partial charge in [0, 0.05) is 0 Å². The highest BCUT2D eigenvalue weighted by atomic mass is 16.7. The molecule has 0 fully saturated rings. The van der Waals surface area contributed by atoms with Crippen LogP contribution < -0.4 is 15.2 Å². The number of nitro groups is 1. The molecule has 3 N–H and O–H groups in total. The van der Waals surface area contributed by atoms with E-state index in [9.17, 15) is 15.4 Å². The largest absolute Gasteiger partial charge is 0.454 e. The molecule has 3 rings (SSSR count). The number of nitro benzene ring substituents is 1. The van der Waals surface area contributed by atoms with Crippen LogP contribution in [0.5, 0.6) is 11.5 Å². The van der Waals surface area contributed by atoms with Gasteiger partial charge in [-0.2, -0.15) is 15.6 Å². The summed E-state index contributed by atoms with van der Waals surface area (Å²) in [5, 5.41) is 35.9. The second-order valence-corrected chi connectivity index (χ2v) is 4.66. The molecule has 2 aromatic rings. The minimum atomic E-state index is -0.602. The Hall–Kier alpha value is -4.05. The quantitative estimate of drug-likeness (QED) is 0.487. The molecule has 24 heavy (non-hydrogen) atoms. The van der Waals surface area contributed by atoms with E-state index in [0.717, 1.165) is 0 Å². The van der Waals surface area contributed by atoms with E-state index in [1.165, 1.54) is 18.2 Å². The van der Waals surface area contributed by atoms with E-state index in [0.29, 0.717) is 5.75 Å². The summed E-state index contributed by atoms with van der Waals surface area (Å²) in [6, 6.07) is 6.32. The smallest absolute Gasteiger partial charge is 0.280 e. The molecule has 0 amide bonds. The van der Waals surface area contributed by atoms with E-state index in [4.69, 9.17) is 20.5 Å². The normalized spacial score (nSPS) is 12.5. The molecule has 1 aliphatic rings. The monoisotopic (exact) mass is 324 g/mol. The highest BCUT2D eigenvalue weighted by molar-refractivity contribution is 5.93. The first kappa shape index (κ1) is 14.9. The number of aromatic nitrogens is 2. The Kier molecular flexibility index (Phi) is 3.48. The SMILES string of the molecule is N#C/C(=C\c1cc2c(cc1[N+](=O)[O-])OCO2)c1[nH]nc(N)c1C#N. The standard InChI is InChI=1S/C14H8N6O4/c15-4-8(13-9(5-16)14(17)19-18-13)1-7-2-11-12(24-6-23-11)3-10(7)20(21)22/h1-3H,6H2,(H3,17,18,19)/b8-1+. The van der Waals surface area contributed by atoms with Gasteiger partial charge in [0.25, 0.3) is 5.69 Å². The molecular formula is C14H8N6O4. The Balaban J connectivity index is 2.17. The number of nitrogens with two attached hydrogens (primary N) is 1. The predicted molar refractivity (Wildman–Crippen MR) is 80.4 cm³/mol. The number of nitrogens with one attached hydrogen (secondary N) is 1. The van der Waals surface area contributed by atoms with Crippen LogP contribution in [0.25, 0.3) is 11.6 Å². The Morgan fingerprint density at radius 1 is 1.42 bits per heavy atom. The van der Waals surface area contributed by atoms with Crippen molar-refractivity contribution < 1.29 is 14.4 Å². The first-order valence-corrected chi connectivity index (χ1v) is 6.49. The fourth-order valence-corrected chi connectivity index (χ4v) is 2.20. The number of benzene rings is 1. The van der Waals surface area contributed by atoms with Gasteiger partial charge in [-0.05, 0) is 12.1 Å². The molecular weight excluding hydrogens is 316 g/mol. The van der Waals surface area contributed by atoms with Crippen LogP contribution in [0.15, 0.2) is 12.1 Å². The van der Waals surface area contributed by atoms with Crippen LogP contribution in [0.4, 0.5) is 11.5 Å². The van der Waals surface area contributed by atoms with Crippen molar-refractivity contribution in [1.82, 2.24) is 10.2 Å². The summed E-state index contributed by atoms with van der Waals surface area (Å²) in [5.74, 6) is 0.517. The second kappa shape index (κ2) is 5.62. The lowest BCUT2D eigenvalue weighted by Gasteiger charge is -2.02. The molecule has 0 radical (unpaired) electrons. The van der Waals surface area contributed by atoms with E-state index in [2.05, 4.69) is 10.2 Å². The number of nitrogen functional groups attached to an aromatic ring is 1. The second-order valence-electron chi connectivity index (χ2n) is 4.66. The number of nitrogens with zero attached hydrogens (tertiary/aromatic N) is 4. The molecule has 0 unspecified atom stereocenters. The number of hydrogen-bond acceptors (Lipinski definition) is 8. The molecule has 0 bridgehead atoms. The summed E-state index contributed by atoms with van der Waals surface area (Å²) >= 11 is 0. The fourth-order valence-electron chi connectivity index (χ4n) is 2.20. The van der Waals surface area contributed by atoms with Gasteiger partial charge in [-0.3, -0.25) is 15.2 Å². The number of hydrogen-bond donors (Lipinski definition) is 2. The number of nitriles is 2. The number of allylic oxidation sites excluding steroid dienone is 1. The maximum atomic E-state index is 11.3. The van der Waals surface area contributed by atoms with E-state index >= 15 is 0 Å². The molecule has 0 saturated heterocycles. The van der Waals surface area contributed by atoms with Crippen molar-refractivity contribution >= 4 is 23.2 Å². The zero-order chi connectivity index (χ0) is 17.3. The van der Waals surface area contributed by atoms with Gasteiger partial charge in [0.15, 0.2) is 17.3 Å². The Bertz CT molecular complexity index is 963. The Labute approximate surface area is 134 Å². The van der Waals surface area contributed by atoms with Gasteiger partial charge >= 0.3 is 0 Å². The van der Waals surface area contributed by atoms with Gasteiger partial charge < -0.3 is 15.2 Å². The van der Waals surface area contributed by atoms with Crippen LogP contribution in [0.3, 0.4) is 0 Å². The Morgan fingerprint density at radius 2 is 2.12 bits per heavy atom. The fraction of sp³-hybridized carbons (Fsp3) is 0.0714. The third kappa shape index (κ3) is 2.34. The molecule has 118 valence electrons. The first-order chi connectivity index (χ1) is 11.5. The van der Waals surface area contributed by atoms with Crippen LogP contribution in [0.1, 0.15) is 16.8 Å². The zero-order valence-corrected chi connectivity index (χ0v) is 11.9. The van der Waals surface area contributed by atoms with E-state index in [-0.39, 0.29) is 46.4 Å². The number of H-pyrrole nitrogens is 1. The van der Waals surface area contributed by atoms with Crippen molar-refractivity contribution in [3.05, 3.63) is 39.1 Å². The minimum Gasteiger partial charge on any atom is -0.454 e. The summed E-state index contributed by atoms with van der Waals surface area (Å²) in [5.41, 5.74) is 5.45. The summed E-state index contributed by atoms with van der Waals surface area (Å²) in [6.45, 7) is -0.0412. The van der Waals surface area contributed by atoms with Crippen LogP contribution in [0, 0.1) is 32.8 Å². The number of ether oxygens (including phenoxy) is 2. The molecule has 0 aliphatic carbocycles.